The van der Waals surface area contributed by atoms with E-state index in [9.17, 15) is 14.0 Å². The second-order valence-electron chi connectivity index (χ2n) is 8.88. The fourth-order valence-electron chi connectivity index (χ4n) is 3.54. The first-order valence-corrected chi connectivity index (χ1v) is 11.2. The second kappa shape index (κ2) is 9.60. The van der Waals surface area contributed by atoms with Crippen molar-refractivity contribution in [2.75, 3.05) is 26.3 Å². The first-order chi connectivity index (χ1) is 16.1. The molecule has 1 aromatic carbocycles. The molecule has 1 N–H and O–H groups in total. The van der Waals surface area contributed by atoms with Crippen molar-refractivity contribution in [3.05, 3.63) is 52.6 Å². The Hall–Kier alpha value is -3.17. The summed E-state index contributed by atoms with van der Waals surface area (Å²) in [6, 6.07) is 7.88. The van der Waals surface area contributed by atoms with E-state index in [0.29, 0.717) is 59.3 Å². The van der Waals surface area contributed by atoms with Crippen LogP contribution in [0.1, 0.15) is 37.0 Å². The van der Waals surface area contributed by atoms with E-state index < -0.39 is 23.4 Å². The van der Waals surface area contributed by atoms with E-state index in [-0.39, 0.29) is 12.2 Å². The summed E-state index contributed by atoms with van der Waals surface area (Å²) in [7, 11) is 0. The first-order valence-electron chi connectivity index (χ1n) is 10.8. The van der Waals surface area contributed by atoms with Crippen LogP contribution in [0.4, 0.5) is 9.18 Å². The lowest BCUT2D eigenvalue weighted by Gasteiger charge is -2.26. The molecule has 1 fully saturated rings. The number of furan rings is 1. The summed E-state index contributed by atoms with van der Waals surface area (Å²) < 4.78 is 30.7. The van der Waals surface area contributed by atoms with Crippen LogP contribution in [0.15, 0.2) is 34.7 Å². The zero-order valence-electron chi connectivity index (χ0n) is 19.1. The Morgan fingerprint density at radius 1 is 1.21 bits per heavy atom. The molecule has 2 amide bonds. The van der Waals surface area contributed by atoms with E-state index in [1.807, 2.05) is 0 Å². The topological polar surface area (TPSA) is 93.9 Å². The minimum atomic E-state index is -0.689. The minimum absolute atomic E-state index is 0.113. The Bertz CT molecular complexity index is 1230. The fourth-order valence-corrected chi connectivity index (χ4v) is 3.81. The summed E-state index contributed by atoms with van der Waals surface area (Å²) in [5.74, 6) is -0.685. The predicted molar refractivity (Wildman–Crippen MR) is 124 cm³/mol. The number of nitrogens with zero attached hydrogens (tertiary/aromatic N) is 2. The smallest absolute Gasteiger partial charge is 0.408 e. The maximum absolute atomic E-state index is 14.5. The Labute approximate surface area is 201 Å². The van der Waals surface area contributed by atoms with Crippen LogP contribution in [0.2, 0.25) is 5.02 Å². The molecular formula is C24H25ClFN3O5. The number of halogens is 2. The highest BCUT2D eigenvalue weighted by molar-refractivity contribution is 6.35. The Morgan fingerprint density at radius 2 is 1.94 bits per heavy atom. The maximum atomic E-state index is 14.5. The minimum Gasteiger partial charge on any atom is -0.458 e. The van der Waals surface area contributed by atoms with Gasteiger partial charge in [0, 0.05) is 24.0 Å². The number of amides is 2. The molecule has 0 spiro atoms. The molecule has 1 aliphatic rings. The number of pyridine rings is 1. The third kappa shape index (κ3) is 5.48. The third-order valence-corrected chi connectivity index (χ3v) is 5.35. The van der Waals surface area contributed by atoms with Crippen LogP contribution >= 0.6 is 11.6 Å². The van der Waals surface area contributed by atoms with Crippen LogP contribution in [-0.2, 0) is 16.0 Å². The average molecular weight is 490 g/mol. The van der Waals surface area contributed by atoms with Crippen LogP contribution < -0.4 is 5.32 Å². The highest BCUT2D eigenvalue weighted by atomic mass is 35.5. The van der Waals surface area contributed by atoms with Crippen LogP contribution in [0, 0.1) is 5.82 Å². The summed E-state index contributed by atoms with van der Waals surface area (Å²) >= 11 is 6.43. The van der Waals surface area contributed by atoms with E-state index in [1.54, 1.807) is 39.0 Å². The lowest BCUT2D eigenvalue weighted by molar-refractivity contribution is 0.0295. The van der Waals surface area contributed by atoms with Crippen molar-refractivity contribution >= 4 is 34.6 Å². The molecule has 8 nitrogen and oxygen atoms in total. The van der Waals surface area contributed by atoms with Crippen molar-refractivity contribution in [1.82, 2.24) is 15.2 Å². The van der Waals surface area contributed by atoms with E-state index in [1.165, 1.54) is 17.0 Å². The van der Waals surface area contributed by atoms with Crippen molar-refractivity contribution in [2.24, 2.45) is 0 Å². The molecule has 1 saturated heterocycles. The molecule has 0 aliphatic carbocycles. The Kier molecular flexibility index (Phi) is 6.77. The number of aromatic nitrogens is 1. The van der Waals surface area contributed by atoms with Gasteiger partial charge in [-0.05, 0) is 51.1 Å². The molecule has 0 atom stereocenters. The number of carbonyl (C=O) groups is 2. The Balaban J connectivity index is 1.57. The molecule has 2 aromatic heterocycles. The largest absolute Gasteiger partial charge is 0.458 e. The lowest BCUT2D eigenvalue weighted by atomic mass is 10.1. The zero-order chi connectivity index (χ0) is 24.5. The number of carbonyl (C=O) groups excluding carboxylic acids is 2. The number of nitrogens with one attached hydrogen (secondary N) is 1. The molecule has 3 aromatic rings. The molecular weight excluding hydrogens is 465 g/mol. The van der Waals surface area contributed by atoms with Crippen molar-refractivity contribution in [3.63, 3.8) is 0 Å². The molecule has 4 rings (SSSR count). The fraction of sp³-hybridized carbons (Fsp3) is 0.375. The normalized spacial score (nSPS) is 14.3. The van der Waals surface area contributed by atoms with E-state index in [0.717, 1.165) is 0 Å². The number of rotatable bonds is 4. The molecule has 34 heavy (non-hydrogen) atoms. The second-order valence-corrected chi connectivity index (χ2v) is 9.28. The molecule has 0 unspecified atom stereocenters. The number of hydrogen-bond donors (Lipinski definition) is 1. The van der Waals surface area contributed by atoms with Crippen molar-refractivity contribution in [2.45, 2.75) is 32.9 Å². The van der Waals surface area contributed by atoms with Gasteiger partial charge in [0.05, 0.1) is 30.5 Å². The van der Waals surface area contributed by atoms with Gasteiger partial charge in [-0.15, -0.1) is 0 Å². The third-order valence-electron chi connectivity index (χ3n) is 5.07. The number of fused-ring (bicyclic) bond motifs is 1. The van der Waals surface area contributed by atoms with Crippen LogP contribution in [0.25, 0.3) is 22.2 Å². The highest BCUT2D eigenvalue weighted by Gasteiger charge is 2.24. The standard InChI is InChI=1S/C24H25ClFN3O5/c1-24(2,3)34-23(31)27-13-16-11-15-10-14(12-17(25)21(15)33-16)19-5-4-18(26)20(28-19)22(30)29-6-8-32-9-7-29/h4-5,10-12H,6-9,13H2,1-3H3,(H,27,31). The van der Waals surface area contributed by atoms with Gasteiger partial charge in [-0.2, -0.15) is 0 Å². The summed E-state index contributed by atoms with van der Waals surface area (Å²) in [5, 5.41) is 3.64. The van der Waals surface area contributed by atoms with Crippen molar-refractivity contribution in [3.8, 4) is 11.3 Å². The van der Waals surface area contributed by atoms with Crippen LogP contribution in [0.3, 0.4) is 0 Å². The number of ether oxygens (including phenoxy) is 2. The van der Waals surface area contributed by atoms with Crippen molar-refractivity contribution < 1.29 is 27.9 Å². The molecule has 0 bridgehead atoms. The highest BCUT2D eigenvalue weighted by Crippen LogP contribution is 2.33. The van der Waals surface area contributed by atoms with Gasteiger partial charge in [0.25, 0.3) is 5.91 Å². The maximum Gasteiger partial charge on any atom is 0.408 e. The molecule has 10 heteroatoms. The van der Waals surface area contributed by atoms with Gasteiger partial charge >= 0.3 is 6.09 Å². The quantitative estimate of drug-likeness (QED) is 0.566. The van der Waals surface area contributed by atoms with Crippen LogP contribution in [-0.4, -0.2) is 53.8 Å². The van der Waals surface area contributed by atoms with E-state index >= 15 is 0 Å². The number of alkyl carbamates (subject to hydrolysis) is 1. The SMILES string of the molecule is CC(C)(C)OC(=O)NCc1cc2cc(-c3ccc(F)c(C(=O)N4CCOCC4)n3)cc(Cl)c2o1. The lowest BCUT2D eigenvalue weighted by Crippen LogP contribution is -2.41. The van der Waals surface area contributed by atoms with Gasteiger partial charge in [-0.3, -0.25) is 4.79 Å². The predicted octanol–water partition coefficient (Wildman–Crippen LogP) is 4.78. The van der Waals surface area contributed by atoms with E-state index in [2.05, 4.69) is 10.3 Å². The molecule has 180 valence electrons. The molecule has 3 heterocycles. The number of morpholine rings is 1. The van der Waals surface area contributed by atoms with Gasteiger partial charge in [0.15, 0.2) is 17.1 Å². The van der Waals surface area contributed by atoms with Crippen LogP contribution in [0.5, 0.6) is 0 Å². The van der Waals surface area contributed by atoms with Gasteiger partial charge in [-0.1, -0.05) is 11.6 Å². The average Bonchev–Trinajstić information content (AvgIpc) is 3.21. The molecule has 0 radical (unpaired) electrons. The summed E-state index contributed by atoms with van der Waals surface area (Å²) in [6.45, 7) is 7.03. The number of benzene rings is 1. The van der Waals surface area contributed by atoms with Gasteiger partial charge < -0.3 is 24.1 Å². The zero-order valence-corrected chi connectivity index (χ0v) is 19.9. The van der Waals surface area contributed by atoms with Gasteiger partial charge in [0.2, 0.25) is 0 Å². The molecule has 1 aliphatic heterocycles. The first kappa shape index (κ1) is 24.0. The Morgan fingerprint density at radius 3 is 2.65 bits per heavy atom. The summed E-state index contributed by atoms with van der Waals surface area (Å²) in [5.41, 5.74) is 0.584. The summed E-state index contributed by atoms with van der Waals surface area (Å²) in [6.07, 6.45) is -0.562. The monoisotopic (exact) mass is 489 g/mol. The van der Waals surface area contributed by atoms with Gasteiger partial charge in [0.1, 0.15) is 11.4 Å². The molecule has 0 saturated carbocycles. The van der Waals surface area contributed by atoms with Gasteiger partial charge in [-0.25, -0.2) is 14.2 Å². The van der Waals surface area contributed by atoms with Crippen molar-refractivity contribution in [1.29, 1.82) is 0 Å². The van der Waals surface area contributed by atoms with E-state index in [4.69, 9.17) is 25.5 Å². The summed E-state index contributed by atoms with van der Waals surface area (Å²) in [4.78, 5) is 30.5. The number of hydrogen-bond acceptors (Lipinski definition) is 6.